The smallest absolute Gasteiger partial charge is 0.267 e. The second-order valence-electron chi connectivity index (χ2n) is 7.18. The summed E-state index contributed by atoms with van der Waals surface area (Å²) in [7, 11) is -4.07. The first kappa shape index (κ1) is 22.0. The van der Waals surface area contributed by atoms with Crippen LogP contribution in [0, 0.1) is 18.6 Å². The molecule has 0 bridgehead atoms. The third kappa shape index (κ3) is 4.26. The predicted octanol–water partition coefficient (Wildman–Crippen LogP) is 4.52. The van der Waals surface area contributed by atoms with E-state index in [9.17, 15) is 22.0 Å². The molecule has 0 saturated carbocycles. The van der Waals surface area contributed by atoms with Gasteiger partial charge < -0.3 is 10.1 Å². The molecule has 1 atom stereocenters. The highest BCUT2D eigenvalue weighted by molar-refractivity contribution is 7.92. The molecule has 4 rings (SSSR count). The number of aryl methyl sites for hydroxylation is 1. The van der Waals surface area contributed by atoms with E-state index in [1.807, 2.05) is 6.92 Å². The maximum absolute atomic E-state index is 14.0. The van der Waals surface area contributed by atoms with Crippen molar-refractivity contribution in [1.82, 2.24) is 0 Å². The van der Waals surface area contributed by atoms with E-state index in [1.165, 1.54) is 30.3 Å². The molecule has 6 nitrogen and oxygen atoms in total. The number of benzene rings is 3. The number of nitrogens with zero attached hydrogens (tertiary/aromatic N) is 1. The van der Waals surface area contributed by atoms with Crippen LogP contribution in [0.3, 0.4) is 0 Å². The largest absolute Gasteiger partial charge is 0.476 e. The van der Waals surface area contributed by atoms with Crippen LogP contribution in [0.5, 0.6) is 5.75 Å². The fourth-order valence-corrected chi connectivity index (χ4v) is 4.86. The summed E-state index contributed by atoms with van der Waals surface area (Å²) in [5, 5.41) is 2.60. The van der Waals surface area contributed by atoms with Crippen LogP contribution >= 0.6 is 11.6 Å². The van der Waals surface area contributed by atoms with Gasteiger partial charge in [0, 0.05) is 11.1 Å². The molecule has 1 aliphatic heterocycles. The molecule has 1 aliphatic rings. The van der Waals surface area contributed by atoms with Gasteiger partial charge >= 0.3 is 0 Å². The summed E-state index contributed by atoms with van der Waals surface area (Å²) < 4.78 is 60.6. The van der Waals surface area contributed by atoms with Crippen LogP contribution in [-0.4, -0.2) is 27.0 Å². The van der Waals surface area contributed by atoms with Crippen molar-refractivity contribution in [1.29, 1.82) is 0 Å². The quantitative estimate of drug-likeness (QED) is 0.598. The van der Waals surface area contributed by atoms with Crippen molar-refractivity contribution in [2.75, 3.05) is 16.2 Å². The summed E-state index contributed by atoms with van der Waals surface area (Å²) in [4.78, 5) is 12.8. The minimum Gasteiger partial charge on any atom is -0.476 e. The van der Waals surface area contributed by atoms with Gasteiger partial charge in [0.25, 0.3) is 15.9 Å². The number of anilines is 2. The SMILES string of the molecule is Cc1ccc(S(=O)(=O)N2C[C@H](C(=O)Nc3ccc(F)cc3F)Oc3ccc(Cl)cc32)cc1. The Kier molecular flexibility index (Phi) is 5.79. The maximum Gasteiger partial charge on any atom is 0.267 e. The highest BCUT2D eigenvalue weighted by atomic mass is 35.5. The average molecular weight is 479 g/mol. The zero-order valence-electron chi connectivity index (χ0n) is 16.7. The number of hydrogen-bond acceptors (Lipinski definition) is 4. The van der Waals surface area contributed by atoms with Gasteiger partial charge in [0.15, 0.2) is 6.10 Å². The van der Waals surface area contributed by atoms with Gasteiger partial charge in [-0.05, 0) is 49.4 Å². The Labute approximate surface area is 188 Å². The van der Waals surface area contributed by atoms with Crippen molar-refractivity contribution in [2.24, 2.45) is 0 Å². The van der Waals surface area contributed by atoms with Gasteiger partial charge in [-0.1, -0.05) is 29.3 Å². The van der Waals surface area contributed by atoms with Crippen LogP contribution in [0.1, 0.15) is 5.56 Å². The van der Waals surface area contributed by atoms with Crippen molar-refractivity contribution in [2.45, 2.75) is 17.9 Å². The molecule has 1 N–H and O–H groups in total. The van der Waals surface area contributed by atoms with E-state index >= 15 is 0 Å². The average Bonchev–Trinajstić information content (AvgIpc) is 2.75. The first-order valence-electron chi connectivity index (χ1n) is 9.47. The second kappa shape index (κ2) is 8.40. The molecule has 0 aromatic heterocycles. The molecular formula is C22H17ClF2N2O4S. The van der Waals surface area contributed by atoms with Crippen LogP contribution in [-0.2, 0) is 14.8 Å². The van der Waals surface area contributed by atoms with Crippen molar-refractivity contribution >= 4 is 38.9 Å². The van der Waals surface area contributed by atoms with Crippen LogP contribution < -0.4 is 14.4 Å². The van der Waals surface area contributed by atoms with Gasteiger partial charge in [0.2, 0.25) is 0 Å². The molecule has 0 radical (unpaired) electrons. The van der Waals surface area contributed by atoms with E-state index in [2.05, 4.69) is 5.32 Å². The molecule has 0 unspecified atom stereocenters. The van der Waals surface area contributed by atoms with Crippen LogP contribution in [0.4, 0.5) is 20.2 Å². The van der Waals surface area contributed by atoms with E-state index in [0.717, 1.165) is 22.0 Å². The number of fused-ring (bicyclic) bond motifs is 1. The highest BCUT2D eigenvalue weighted by Crippen LogP contribution is 2.39. The third-order valence-corrected chi connectivity index (χ3v) is 6.91. The summed E-state index contributed by atoms with van der Waals surface area (Å²) in [5.74, 6) is -2.43. The first-order chi connectivity index (χ1) is 15.1. The molecule has 1 heterocycles. The number of carbonyl (C=O) groups is 1. The zero-order chi connectivity index (χ0) is 23.0. The van der Waals surface area contributed by atoms with Gasteiger partial charge in [-0.2, -0.15) is 0 Å². The molecule has 0 spiro atoms. The Balaban J connectivity index is 1.69. The maximum atomic E-state index is 14.0. The van der Waals surface area contributed by atoms with Crippen molar-refractivity contribution in [3.63, 3.8) is 0 Å². The number of amides is 1. The van der Waals surface area contributed by atoms with Crippen LogP contribution in [0.2, 0.25) is 5.02 Å². The van der Waals surface area contributed by atoms with Gasteiger partial charge in [0.05, 0.1) is 22.8 Å². The second-order valence-corrected chi connectivity index (χ2v) is 9.48. The zero-order valence-corrected chi connectivity index (χ0v) is 18.3. The number of rotatable bonds is 4. The van der Waals surface area contributed by atoms with E-state index < -0.39 is 33.7 Å². The Morgan fingerprint density at radius 3 is 2.50 bits per heavy atom. The van der Waals surface area contributed by atoms with Crippen molar-refractivity contribution in [3.8, 4) is 5.75 Å². The fourth-order valence-electron chi connectivity index (χ4n) is 3.23. The Bertz CT molecular complexity index is 1300. The Morgan fingerprint density at radius 1 is 1.09 bits per heavy atom. The number of hydrogen-bond donors (Lipinski definition) is 1. The topological polar surface area (TPSA) is 75.7 Å². The summed E-state index contributed by atoms with van der Waals surface area (Å²) in [6, 6.07) is 13.3. The molecule has 1 amide bonds. The highest BCUT2D eigenvalue weighted by Gasteiger charge is 2.38. The summed E-state index contributed by atoms with van der Waals surface area (Å²) in [5.41, 5.74) is 0.804. The number of sulfonamides is 1. The number of ether oxygens (including phenoxy) is 1. The summed E-state index contributed by atoms with van der Waals surface area (Å²) in [6.07, 6.45) is -1.30. The molecule has 3 aromatic carbocycles. The number of carbonyl (C=O) groups excluding carboxylic acids is 1. The molecule has 10 heteroatoms. The monoisotopic (exact) mass is 478 g/mol. The third-order valence-electron chi connectivity index (χ3n) is 4.88. The molecular weight excluding hydrogens is 462 g/mol. The van der Waals surface area contributed by atoms with Crippen molar-refractivity contribution < 1.29 is 26.7 Å². The first-order valence-corrected chi connectivity index (χ1v) is 11.3. The lowest BCUT2D eigenvalue weighted by molar-refractivity contribution is -0.122. The van der Waals surface area contributed by atoms with Crippen molar-refractivity contribution in [3.05, 3.63) is 82.9 Å². The minimum atomic E-state index is -4.07. The lowest BCUT2D eigenvalue weighted by Crippen LogP contribution is -2.48. The molecule has 0 saturated heterocycles. The lowest BCUT2D eigenvalue weighted by Gasteiger charge is -2.35. The van der Waals surface area contributed by atoms with Gasteiger partial charge in [0.1, 0.15) is 17.4 Å². The number of nitrogens with one attached hydrogen (secondary N) is 1. The van der Waals surface area contributed by atoms with Gasteiger partial charge in [-0.3, -0.25) is 9.10 Å². The normalized spacial score (nSPS) is 15.6. The summed E-state index contributed by atoms with van der Waals surface area (Å²) >= 11 is 6.07. The minimum absolute atomic E-state index is 0.0275. The number of halogens is 3. The fraction of sp³-hybridized carbons (Fsp3) is 0.136. The lowest BCUT2D eigenvalue weighted by atomic mass is 10.2. The summed E-state index contributed by atoms with van der Waals surface area (Å²) in [6.45, 7) is 1.45. The molecule has 3 aromatic rings. The molecule has 166 valence electrons. The molecule has 0 aliphatic carbocycles. The van der Waals surface area contributed by atoms with Gasteiger partial charge in [-0.15, -0.1) is 0 Å². The van der Waals surface area contributed by atoms with E-state index in [0.29, 0.717) is 6.07 Å². The van der Waals surface area contributed by atoms with Crippen LogP contribution in [0.15, 0.2) is 65.6 Å². The molecule has 32 heavy (non-hydrogen) atoms. The van der Waals surface area contributed by atoms with E-state index in [-0.39, 0.29) is 33.6 Å². The predicted molar refractivity (Wildman–Crippen MR) is 117 cm³/mol. The van der Waals surface area contributed by atoms with Gasteiger partial charge in [-0.25, -0.2) is 17.2 Å². The standard InChI is InChI=1S/C22H17ClF2N2O4S/c1-13-2-6-16(7-3-13)32(29,30)27-12-21(31-20-9-4-14(23)10-19(20)27)22(28)26-18-8-5-15(24)11-17(18)25/h2-11,21H,12H2,1H3,(H,26,28)/t21-/m1/s1. The Hall–Kier alpha value is -3.17. The van der Waals surface area contributed by atoms with E-state index in [4.69, 9.17) is 16.3 Å². The Morgan fingerprint density at radius 2 is 1.81 bits per heavy atom. The molecule has 0 fully saturated rings. The van der Waals surface area contributed by atoms with E-state index in [1.54, 1.807) is 12.1 Å². The van der Waals surface area contributed by atoms with Crippen LogP contribution in [0.25, 0.3) is 0 Å².